The van der Waals surface area contributed by atoms with Crippen molar-refractivity contribution in [2.75, 3.05) is 13.7 Å². The first-order valence-corrected chi connectivity index (χ1v) is 9.04. The Morgan fingerprint density at radius 3 is 2.78 bits per heavy atom. The molecule has 2 N–H and O–H groups in total. The van der Waals surface area contributed by atoms with Gasteiger partial charge in [-0.05, 0) is 48.6 Å². The van der Waals surface area contributed by atoms with Crippen LogP contribution in [-0.2, 0) is 17.8 Å². The Balaban J connectivity index is 1.56. The molecule has 1 amide bonds. The van der Waals surface area contributed by atoms with Gasteiger partial charge in [0, 0.05) is 43.4 Å². The van der Waals surface area contributed by atoms with Crippen LogP contribution in [0.2, 0.25) is 0 Å². The second kappa shape index (κ2) is 9.09. The summed E-state index contributed by atoms with van der Waals surface area (Å²) in [6.07, 6.45) is 2.77. The van der Waals surface area contributed by atoms with E-state index in [1.807, 2.05) is 47.0 Å². The smallest absolute Gasteiger partial charge is 0.221 e. The lowest BCUT2D eigenvalue weighted by molar-refractivity contribution is -0.121. The van der Waals surface area contributed by atoms with Crippen LogP contribution in [0.1, 0.15) is 12.1 Å². The van der Waals surface area contributed by atoms with E-state index in [2.05, 4.69) is 20.5 Å². The second-order valence-electron chi connectivity index (χ2n) is 5.90. The molecule has 0 atom stereocenters. The van der Waals surface area contributed by atoms with Crippen molar-refractivity contribution in [1.82, 2.24) is 25.1 Å². The van der Waals surface area contributed by atoms with E-state index in [-0.39, 0.29) is 5.91 Å². The fraction of sp³-hybridized carbons (Fsp3) is 0.263. The van der Waals surface area contributed by atoms with Gasteiger partial charge in [0.05, 0.1) is 7.11 Å². The number of ether oxygens (including phenoxy) is 1. The lowest BCUT2D eigenvalue weighted by atomic mass is 10.2. The number of carbonyl (C=O) groups is 1. The van der Waals surface area contributed by atoms with Crippen molar-refractivity contribution in [2.24, 2.45) is 0 Å². The van der Waals surface area contributed by atoms with Gasteiger partial charge >= 0.3 is 0 Å². The molecule has 2 heterocycles. The molecule has 3 aromatic rings. The Kier molecular flexibility index (Phi) is 6.32. The summed E-state index contributed by atoms with van der Waals surface area (Å²) in [5.74, 6) is 1.44. The molecule has 0 spiro atoms. The minimum absolute atomic E-state index is 0.0327. The van der Waals surface area contributed by atoms with Crippen LogP contribution < -0.4 is 10.1 Å². The molecule has 0 radical (unpaired) electrons. The number of pyridine rings is 1. The SMILES string of the molecule is COc1ccc(-c2n[nH]c(=S)n2CCC(=O)NCCc2ccccn2)cc1. The molecule has 140 valence electrons. The summed E-state index contributed by atoms with van der Waals surface area (Å²) < 4.78 is 7.49. The van der Waals surface area contributed by atoms with Crippen molar-refractivity contribution in [1.29, 1.82) is 0 Å². The molecule has 0 fully saturated rings. The van der Waals surface area contributed by atoms with Crippen LogP contribution in [0, 0.1) is 4.77 Å². The quantitative estimate of drug-likeness (QED) is 0.584. The number of aromatic amines is 1. The average molecular weight is 383 g/mol. The van der Waals surface area contributed by atoms with Crippen molar-refractivity contribution < 1.29 is 9.53 Å². The van der Waals surface area contributed by atoms with Gasteiger partial charge in [0.15, 0.2) is 10.6 Å². The van der Waals surface area contributed by atoms with Crippen LogP contribution in [0.3, 0.4) is 0 Å². The topological polar surface area (TPSA) is 84.8 Å². The fourth-order valence-corrected chi connectivity index (χ4v) is 2.89. The number of H-pyrrole nitrogens is 1. The molecule has 7 nitrogen and oxygen atoms in total. The van der Waals surface area contributed by atoms with E-state index in [0.717, 1.165) is 17.0 Å². The summed E-state index contributed by atoms with van der Waals surface area (Å²) in [5.41, 5.74) is 1.86. The Bertz CT molecular complexity index is 935. The molecule has 8 heteroatoms. The standard InChI is InChI=1S/C19H21N5O2S/c1-26-16-7-5-14(6-8-16)18-22-23-19(27)24(18)13-10-17(25)21-12-9-15-4-2-3-11-20-15/h2-8,11H,9-10,12-13H2,1H3,(H,21,25)(H,23,27). The van der Waals surface area contributed by atoms with Gasteiger partial charge in [-0.15, -0.1) is 0 Å². The summed E-state index contributed by atoms with van der Waals surface area (Å²) in [5, 5.41) is 10.00. The van der Waals surface area contributed by atoms with Crippen molar-refractivity contribution in [2.45, 2.75) is 19.4 Å². The van der Waals surface area contributed by atoms with Gasteiger partial charge in [-0.3, -0.25) is 19.4 Å². The van der Waals surface area contributed by atoms with Gasteiger partial charge in [0.2, 0.25) is 5.91 Å². The summed E-state index contributed by atoms with van der Waals surface area (Å²) in [7, 11) is 1.62. The van der Waals surface area contributed by atoms with Gasteiger partial charge in [-0.25, -0.2) is 0 Å². The number of benzene rings is 1. The lowest BCUT2D eigenvalue weighted by Crippen LogP contribution is -2.26. The zero-order valence-electron chi connectivity index (χ0n) is 15.0. The Hall–Kier alpha value is -3.00. The molecule has 0 bridgehead atoms. The largest absolute Gasteiger partial charge is 0.497 e. The van der Waals surface area contributed by atoms with Gasteiger partial charge in [0.25, 0.3) is 0 Å². The van der Waals surface area contributed by atoms with E-state index in [1.54, 1.807) is 13.3 Å². The maximum atomic E-state index is 12.1. The van der Waals surface area contributed by atoms with Crippen LogP contribution in [0.4, 0.5) is 0 Å². The van der Waals surface area contributed by atoms with E-state index in [0.29, 0.717) is 36.5 Å². The predicted octanol–water partition coefficient (Wildman–Crippen LogP) is 2.76. The number of hydrogen-bond acceptors (Lipinski definition) is 5. The third kappa shape index (κ3) is 5.01. The minimum atomic E-state index is -0.0327. The number of methoxy groups -OCH3 is 1. The number of amides is 1. The molecule has 0 aliphatic rings. The minimum Gasteiger partial charge on any atom is -0.497 e. The highest BCUT2D eigenvalue weighted by Gasteiger charge is 2.11. The van der Waals surface area contributed by atoms with E-state index in [1.165, 1.54) is 0 Å². The maximum absolute atomic E-state index is 12.1. The number of nitrogens with one attached hydrogen (secondary N) is 2. The van der Waals surface area contributed by atoms with Crippen molar-refractivity contribution in [3.05, 3.63) is 59.1 Å². The molecule has 0 aliphatic heterocycles. The van der Waals surface area contributed by atoms with Crippen molar-refractivity contribution >= 4 is 18.1 Å². The number of rotatable bonds is 8. The molecule has 0 unspecified atom stereocenters. The van der Waals surface area contributed by atoms with Gasteiger partial charge in [-0.1, -0.05) is 6.07 Å². The van der Waals surface area contributed by atoms with E-state index in [9.17, 15) is 4.79 Å². The summed E-state index contributed by atoms with van der Waals surface area (Å²) >= 11 is 5.31. The zero-order chi connectivity index (χ0) is 19.1. The first-order valence-electron chi connectivity index (χ1n) is 8.63. The Labute approximate surface area is 162 Å². The van der Waals surface area contributed by atoms with E-state index >= 15 is 0 Å². The number of carbonyl (C=O) groups excluding carboxylic acids is 1. The van der Waals surface area contributed by atoms with Crippen LogP contribution in [-0.4, -0.2) is 39.3 Å². The van der Waals surface area contributed by atoms with Crippen LogP contribution in [0.25, 0.3) is 11.4 Å². The monoisotopic (exact) mass is 383 g/mol. The Morgan fingerprint density at radius 1 is 1.26 bits per heavy atom. The van der Waals surface area contributed by atoms with Crippen LogP contribution in [0.15, 0.2) is 48.7 Å². The third-order valence-corrected chi connectivity index (χ3v) is 4.41. The summed E-state index contributed by atoms with van der Waals surface area (Å²) in [4.78, 5) is 16.4. The van der Waals surface area contributed by atoms with Crippen molar-refractivity contribution in [3.63, 3.8) is 0 Å². The van der Waals surface area contributed by atoms with Crippen molar-refractivity contribution in [3.8, 4) is 17.1 Å². The summed E-state index contributed by atoms with van der Waals surface area (Å²) in [6, 6.07) is 13.3. The first kappa shape index (κ1) is 18.8. The van der Waals surface area contributed by atoms with Crippen LogP contribution >= 0.6 is 12.2 Å². The van der Waals surface area contributed by atoms with Crippen LogP contribution in [0.5, 0.6) is 5.75 Å². The normalized spacial score (nSPS) is 10.6. The predicted molar refractivity (Wildman–Crippen MR) is 105 cm³/mol. The second-order valence-corrected chi connectivity index (χ2v) is 6.29. The van der Waals surface area contributed by atoms with E-state index in [4.69, 9.17) is 17.0 Å². The van der Waals surface area contributed by atoms with E-state index < -0.39 is 0 Å². The summed E-state index contributed by atoms with van der Waals surface area (Å²) in [6.45, 7) is 1.00. The number of nitrogens with zero attached hydrogens (tertiary/aromatic N) is 3. The molecule has 1 aromatic carbocycles. The number of hydrogen-bond donors (Lipinski definition) is 2. The first-order chi connectivity index (χ1) is 13.2. The van der Waals surface area contributed by atoms with Gasteiger partial charge in [0.1, 0.15) is 5.75 Å². The maximum Gasteiger partial charge on any atom is 0.221 e. The highest BCUT2D eigenvalue weighted by atomic mass is 32.1. The fourth-order valence-electron chi connectivity index (χ4n) is 2.66. The number of aromatic nitrogens is 4. The highest BCUT2D eigenvalue weighted by Crippen LogP contribution is 2.21. The molecule has 2 aromatic heterocycles. The molecular weight excluding hydrogens is 362 g/mol. The molecule has 0 aliphatic carbocycles. The molecule has 3 rings (SSSR count). The zero-order valence-corrected chi connectivity index (χ0v) is 15.8. The highest BCUT2D eigenvalue weighted by molar-refractivity contribution is 7.71. The third-order valence-electron chi connectivity index (χ3n) is 4.10. The molecule has 27 heavy (non-hydrogen) atoms. The average Bonchev–Trinajstić information content (AvgIpc) is 3.07. The Morgan fingerprint density at radius 2 is 2.07 bits per heavy atom. The lowest BCUT2D eigenvalue weighted by Gasteiger charge is -2.08. The molecule has 0 saturated carbocycles. The van der Waals surface area contributed by atoms with Gasteiger partial charge in [-0.2, -0.15) is 5.10 Å². The molecular formula is C19H21N5O2S. The van der Waals surface area contributed by atoms with Gasteiger partial charge < -0.3 is 10.1 Å². The molecule has 0 saturated heterocycles.